The first kappa shape index (κ1) is 33.0. The first-order chi connectivity index (χ1) is 25.4. The quantitative estimate of drug-likeness (QED) is 0.200. The molecule has 0 bridgehead atoms. The van der Waals surface area contributed by atoms with Crippen molar-refractivity contribution in [1.82, 2.24) is 30.0 Å². The third-order valence-electron chi connectivity index (χ3n) is 9.77. The maximum absolute atomic E-state index is 14.2. The Morgan fingerprint density at radius 2 is 1.56 bits per heavy atom. The molecule has 2 amide bonds. The summed E-state index contributed by atoms with van der Waals surface area (Å²) >= 11 is 0. The van der Waals surface area contributed by atoms with Crippen LogP contribution < -0.4 is 15.0 Å². The lowest BCUT2D eigenvalue weighted by atomic mass is 10.0. The zero-order chi connectivity index (χ0) is 35.5. The number of carbonyl (C=O) groups is 2. The van der Waals surface area contributed by atoms with Crippen molar-refractivity contribution < 1.29 is 18.7 Å². The van der Waals surface area contributed by atoms with Gasteiger partial charge in [-0.2, -0.15) is 5.10 Å². The molecule has 2 fully saturated rings. The molecule has 2 aliphatic heterocycles. The number of H-pyrrole nitrogens is 1. The third-order valence-corrected chi connectivity index (χ3v) is 9.77. The van der Waals surface area contributed by atoms with Crippen LogP contribution in [-0.2, 0) is 9.59 Å². The normalized spacial score (nSPS) is 17.7. The summed E-state index contributed by atoms with van der Waals surface area (Å²) in [5.74, 6) is 0.680. The Hall–Kier alpha value is -6.14. The van der Waals surface area contributed by atoms with Crippen LogP contribution in [0.4, 0.5) is 15.8 Å². The monoisotopic (exact) mass is 696 g/mol. The van der Waals surface area contributed by atoms with Gasteiger partial charge in [-0.3, -0.25) is 19.6 Å². The van der Waals surface area contributed by atoms with Gasteiger partial charge in [0, 0.05) is 86.0 Å². The molecule has 1 atom stereocenters. The van der Waals surface area contributed by atoms with Crippen LogP contribution >= 0.6 is 0 Å². The van der Waals surface area contributed by atoms with Gasteiger partial charge in [0.2, 0.25) is 11.5 Å². The summed E-state index contributed by atoms with van der Waals surface area (Å²) in [6.45, 7) is 3.64. The first-order valence-electron chi connectivity index (χ1n) is 17.3. The number of benzene rings is 4. The summed E-state index contributed by atoms with van der Waals surface area (Å²) in [6.07, 6.45) is 3.88. The van der Waals surface area contributed by atoms with Crippen LogP contribution in [0.1, 0.15) is 6.42 Å². The van der Waals surface area contributed by atoms with E-state index in [4.69, 9.17) is 4.74 Å². The second-order valence-electron chi connectivity index (χ2n) is 13.2. The number of carbonyl (C=O) groups excluding carboxylic acids is 2. The van der Waals surface area contributed by atoms with Crippen molar-refractivity contribution in [3.8, 4) is 28.4 Å². The molecule has 2 N–H and O–H groups in total. The Bertz CT molecular complexity index is 2170. The Labute approximate surface area is 300 Å². The Balaban J connectivity index is 0.927. The fraction of sp³-hybridized carbons (Fsp3) is 0.225. The molecule has 11 nitrogen and oxygen atoms in total. The van der Waals surface area contributed by atoms with Gasteiger partial charge in [-0.1, -0.05) is 18.2 Å². The number of nitrogens with one attached hydrogen (secondary N) is 2. The summed E-state index contributed by atoms with van der Waals surface area (Å²) in [7, 11) is 0. The van der Waals surface area contributed by atoms with E-state index in [0.717, 1.165) is 40.8 Å². The van der Waals surface area contributed by atoms with Crippen LogP contribution in [0.25, 0.3) is 33.5 Å². The number of rotatable bonds is 9. The maximum Gasteiger partial charge on any atom is 0.269 e. The standard InChI is InChI=1S/C40H37FN8O3/c41-30-11-7-28(8-12-30)37-34-25-31(13-16-35(34)45-46-37)44-39(51)40(52-33-5-2-1-3-6-33)17-20-47(27-40)26-36(50)49-23-21-48(22-24-49)32-14-9-29(10-15-32)38-42-18-4-19-43-38/h1-16,18-19,25H,17,20-24,26-27H2,(H,44,51)(H,45,46). The van der Waals surface area contributed by atoms with E-state index in [2.05, 4.69) is 42.5 Å². The largest absolute Gasteiger partial charge is 0.476 e. The highest BCUT2D eigenvalue weighted by molar-refractivity contribution is 6.01. The number of aromatic amines is 1. The molecule has 12 heteroatoms. The highest BCUT2D eigenvalue weighted by Crippen LogP contribution is 2.32. The van der Waals surface area contributed by atoms with Crippen molar-refractivity contribution in [3.05, 3.63) is 121 Å². The van der Waals surface area contributed by atoms with Crippen LogP contribution in [0.5, 0.6) is 5.75 Å². The van der Waals surface area contributed by atoms with E-state index in [1.165, 1.54) is 12.1 Å². The number of para-hydroxylation sites is 1. The summed E-state index contributed by atoms with van der Waals surface area (Å²) in [4.78, 5) is 42.6. The number of aromatic nitrogens is 4. The number of likely N-dealkylation sites (tertiary alicyclic amines) is 1. The van der Waals surface area contributed by atoms with E-state index in [9.17, 15) is 14.0 Å². The summed E-state index contributed by atoms with van der Waals surface area (Å²) < 4.78 is 20.1. The molecule has 8 rings (SSSR count). The molecule has 0 radical (unpaired) electrons. The molecular weight excluding hydrogens is 659 g/mol. The molecule has 2 aromatic heterocycles. The highest BCUT2D eigenvalue weighted by Gasteiger charge is 2.48. The number of fused-ring (bicyclic) bond motifs is 1. The lowest BCUT2D eigenvalue weighted by Crippen LogP contribution is -2.53. The number of piperazine rings is 1. The minimum Gasteiger partial charge on any atom is -0.476 e. The van der Waals surface area contributed by atoms with Crippen LogP contribution in [-0.4, -0.2) is 93.2 Å². The van der Waals surface area contributed by atoms with Gasteiger partial charge in [0.1, 0.15) is 11.6 Å². The SMILES string of the molecule is O=C(CN1CCC(Oc2ccccc2)(C(=O)Nc2ccc3[nH]nc(-c4ccc(F)cc4)c3c2)C1)N1CCN(c2ccc(-c3ncccn3)cc2)CC1. The number of nitrogens with zero attached hydrogens (tertiary/aromatic N) is 6. The van der Waals surface area contributed by atoms with E-state index >= 15 is 0 Å². The van der Waals surface area contributed by atoms with Crippen LogP contribution in [0.2, 0.25) is 0 Å². The molecule has 1 unspecified atom stereocenters. The van der Waals surface area contributed by atoms with Gasteiger partial charge in [0.15, 0.2) is 5.82 Å². The summed E-state index contributed by atoms with van der Waals surface area (Å²) in [5.41, 5.74) is 3.61. The molecule has 2 saturated heterocycles. The van der Waals surface area contributed by atoms with Gasteiger partial charge >= 0.3 is 0 Å². The van der Waals surface area contributed by atoms with E-state index in [1.54, 1.807) is 30.6 Å². The van der Waals surface area contributed by atoms with Crippen molar-refractivity contribution in [3.63, 3.8) is 0 Å². The topological polar surface area (TPSA) is 120 Å². The summed E-state index contributed by atoms with van der Waals surface area (Å²) in [5, 5.41) is 11.3. The van der Waals surface area contributed by atoms with Crippen LogP contribution in [0.3, 0.4) is 0 Å². The van der Waals surface area contributed by atoms with Crippen molar-refractivity contribution in [1.29, 1.82) is 0 Å². The second kappa shape index (κ2) is 14.2. The van der Waals surface area contributed by atoms with Gasteiger partial charge < -0.3 is 19.9 Å². The molecule has 4 aromatic carbocycles. The van der Waals surface area contributed by atoms with E-state index < -0.39 is 5.60 Å². The van der Waals surface area contributed by atoms with E-state index in [-0.39, 0.29) is 30.7 Å². The lowest BCUT2D eigenvalue weighted by Gasteiger charge is -2.37. The number of hydrogen-bond acceptors (Lipinski definition) is 8. The molecule has 2 aliphatic rings. The molecule has 0 saturated carbocycles. The van der Waals surface area contributed by atoms with Gasteiger partial charge in [-0.15, -0.1) is 0 Å². The molecule has 262 valence electrons. The predicted octanol–water partition coefficient (Wildman–Crippen LogP) is 5.64. The molecule has 0 aliphatic carbocycles. The van der Waals surface area contributed by atoms with E-state index in [0.29, 0.717) is 49.0 Å². The van der Waals surface area contributed by atoms with Crippen molar-refractivity contribution in [2.45, 2.75) is 12.0 Å². The second-order valence-corrected chi connectivity index (χ2v) is 13.2. The van der Waals surface area contributed by atoms with Crippen LogP contribution in [0, 0.1) is 5.82 Å². The zero-order valence-electron chi connectivity index (χ0n) is 28.4. The number of ether oxygens (including phenoxy) is 1. The fourth-order valence-electron chi connectivity index (χ4n) is 6.96. The number of anilines is 2. The fourth-order valence-corrected chi connectivity index (χ4v) is 6.96. The maximum atomic E-state index is 14.2. The van der Waals surface area contributed by atoms with Gasteiger partial charge in [-0.25, -0.2) is 14.4 Å². The minimum atomic E-state index is -1.22. The molecule has 52 heavy (non-hydrogen) atoms. The molecule has 0 spiro atoms. The van der Waals surface area contributed by atoms with Gasteiger partial charge in [-0.05, 0) is 84.9 Å². The molecule has 4 heterocycles. The third kappa shape index (κ3) is 6.93. The smallest absolute Gasteiger partial charge is 0.269 e. The highest BCUT2D eigenvalue weighted by atomic mass is 19.1. The number of amides is 2. The van der Waals surface area contributed by atoms with Crippen molar-refractivity contribution in [2.75, 3.05) is 56.0 Å². The zero-order valence-corrected chi connectivity index (χ0v) is 28.4. The Kier molecular flexibility index (Phi) is 9.04. The van der Waals surface area contributed by atoms with Gasteiger partial charge in [0.05, 0.1) is 17.8 Å². The van der Waals surface area contributed by atoms with E-state index in [1.807, 2.05) is 70.5 Å². The number of hydrogen-bond donors (Lipinski definition) is 2. The minimum absolute atomic E-state index is 0.0332. The Morgan fingerprint density at radius 1 is 0.827 bits per heavy atom. The first-order valence-corrected chi connectivity index (χ1v) is 17.3. The molecule has 6 aromatic rings. The van der Waals surface area contributed by atoms with Crippen molar-refractivity contribution >= 4 is 34.1 Å². The predicted molar refractivity (Wildman–Crippen MR) is 197 cm³/mol. The van der Waals surface area contributed by atoms with Crippen molar-refractivity contribution in [2.24, 2.45) is 0 Å². The molecular formula is C40H37FN8O3. The van der Waals surface area contributed by atoms with Crippen LogP contribution in [0.15, 0.2) is 116 Å². The number of halogens is 1. The Morgan fingerprint density at radius 3 is 2.31 bits per heavy atom. The average molecular weight is 697 g/mol. The average Bonchev–Trinajstić information content (AvgIpc) is 3.80. The van der Waals surface area contributed by atoms with Gasteiger partial charge in [0.25, 0.3) is 5.91 Å². The lowest BCUT2D eigenvalue weighted by molar-refractivity contribution is -0.134. The summed E-state index contributed by atoms with van der Waals surface area (Å²) in [6, 6.07) is 30.9.